The second-order valence-electron chi connectivity index (χ2n) is 7.64. The Hall–Kier alpha value is -3.54. The van der Waals surface area contributed by atoms with Gasteiger partial charge in [-0.25, -0.2) is 0 Å². The fourth-order valence-electron chi connectivity index (χ4n) is 4.11. The molecule has 3 aromatic rings. The predicted molar refractivity (Wildman–Crippen MR) is 129 cm³/mol. The molecule has 0 radical (unpaired) electrons. The van der Waals surface area contributed by atoms with Gasteiger partial charge in [0.25, 0.3) is 0 Å². The van der Waals surface area contributed by atoms with E-state index >= 15 is 0 Å². The molecular formula is C24H30N6. The zero-order valence-corrected chi connectivity index (χ0v) is 17.2. The molecule has 0 amide bonds. The van der Waals surface area contributed by atoms with Crippen molar-refractivity contribution in [3.05, 3.63) is 72.8 Å². The molecule has 6 heteroatoms. The maximum atomic E-state index is 6.31. The zero-order chi connectivity index (χ0) is 20.9. The molecule has 6 nitrogen and oxygen atoms in total. The van der Waals surface area contributed by atoms with E-state index in [2.05, 4.69) is 32.9 Å². The Morgan fingerprint density at radius 2 is 0.633 bits per heavy atom. The number of para-hydroxylation sites is 6. The van der Waals surface area contributed by atoms with E-state index in [0.29, 0.717) is 0 Å². The minimum Gasteiger partial charge on any atom is -0.397 e. The molecule has 1 aliphatic rings. The van der Waals surface area contributed by atoms with E-state index in [1.165, 1.54) is 0 Å². The maximum absolute atomic E-state index is 6.31. The lowest BCUT2D eigenvalue weighted by atomic mass is 10.2. The number of nitrogen functional groups attached to an aromatic ring is 3. The number of rotatable bonds is 3. The van der Waals surface area contributed by atoms with Gasteiger partial charge in [0.1, 0.15) is 0 Å². The van der Waals surface area contributed by atoms with Crippen molar-refractivity contribution in [2.75, 3.05) is 71.2 Å². The van der Waals surface area contributed by atoms with Gasteiger partial charge >= 0.3 is 0 Å². The van der Waals surface area contributed by atoms with Gasteiger partial charge in [0.05, 0.1) is 34.1 Å². The standard InChI is InChI=1S/C24H30N6/c25-19-7-1-4-10-22(19)28-13-15-29(23-11-5-2-8-20(23)26)17-18-30(16-14-28)24-12-6-3-9-21(24)27/h1-12H,13-18,25-27H2. The van der Waals surface area contributed by atoms with Crippen molar-refractivity contribution in [2.45, 2.75) is 0 Å². The van der Waals surface area contributed by atoms with E-state index in [1.54, 1.807) is 0 Å². The largest absolute Gasteiger partial charge is 0.397 e. The first-order chi connectivity index (χ1) is 14.6. The molecule has 30 heavy (non-hydrogen) atoms. The van der Waals surface area contributed by atoms with Gasteiger partial charge in [-0.2, -0.15) is 0 Å². The van der Waals surface area contributed by atoms with Crippen LogP contribution in [0.25, 0.3) is 0 Å². The Bertz CT molecular complexity index is 849. The molecule has 0 saturated carbocycles. The van der Waals surface area contributed by atoms with Crippen LogP contribution in [0.2, 0.25) is 0 Å². The van der Waals surface area contributed by atoms with E-state index in [4.69, 9.17) is 17.2 Å². The summed E-state index contributed by atoms with van der Waals surface area (Å²) in [6.07, 6.45) is 0. The van der Waals surface area contributed by atoms with Crippen LogP contribution in [0.4, 0.5) is 34.1 Å². The summed E-state index contributed by atoms with van der Waals surface area (Å²) >= 11 is 0. The number of nitrogens with two attached hydrogens (primary N) is 3. The van der Waals surface area contributed by atoms with Crippen LogP contribution in [0.1, 0.15) is 0 Å². The first-order valence-corrected chi connectivity index (χ1v) is 10.4. The molecule has 156 valence electrons. The molecule has 0 spiro atoms. The van der Waals surface area contributed by atoms with Gasteiger partial charge in [-0.15, -0.1) is 0 Å². The lowest BCUT2D eigenvalue weighted by molar-refractivity contribution is 0.767. The van der Waals surface area contributed by atoms with E-state index in [9.17, 15) is 0 Å². The van der Waals surface area contributed by atoms with Gasteiger partial charge in [-0.05, 0) is 36.4 Å². The third-order valence-corrected chi connectivity index (χ3v) is 5.75. The molecule has 0 bridgehead atoms. The van der Waals surface area contributed by atoms with Gasteiger partial charge in [-0.1, -0.05) is 36.4 Å². The molecular weight excluding hydrogens is 372 g/mol. The number of anilines is 6. The maximum Gasteiger partial charge on any atom is 0.0601 e. The highest BCUT2D eigenvalue weighted by Crippen LogP contribution is 2.28. The summed E-state index contributed by atoms with van der Waals surface area (Å²) in [5.41, 5.74) is 24.5. The summed E-state index contributed by atoms with van der Waals surface area (Å²) in [4.78, 5) is 7.08. The van der Waals surface area contributed by atoms with Crippen molar-refractivity contribution in [3.63, 3.8) is 0 Å². The Morgan fingerprint density at radius 3 is 0.867 bits per heavy atom. The molecule has 1 aliphatic heterocycles. The summed E-state index contributed by atoms with van der Waals surface area (Å²) in [6.45, 7) is 5.17. The van der Waals surface area contributed by atoms with Crippen LogP contribution in [0, 0.1) is 0 Å². The second kappa shape index (κ2) is 8.86. The van der Waals surface area contributed by atoms with E-state index in [-0.39, 0.29) is 0 Å². The number of nitrogens with zero attached hydrogens (tertiary/aromatic N) is 3. The van der Waals surface area contributed by atoms with E-state index in [0.717, 1.165) is 73.4 Å². The Kier molecular flexibility index (Phi) is 5.84. The molecule has 0 aliphatic carbocycles. The Labute approximate surface area is 178 Å². The monoisotopic (exact) mass is 402 g/mol. The van der Waals surface area contributed by atoms with Crippen LogP contribution >= 0.6 is 0 Å². The van der Waals surface area contributed by atoms with Crippen LogP contribution in [0.15, 0.2) is 72.8 Å². The zero-order valence-electron chi connectivity index (χ0n) is 17.2. The third kappa shape index (κ3) is 4.22. The highest BCUT2D eigenvalue weighted by molar-refractivity contribution is 5.71. The van der Waals surface area contributed by atoms with E-state index < -0.39 is 0 Å². The molecule has 0 aromatic heterocycles. The molecule has 0 atom stereocenters. The normalized spacial score (nSPS) is 15.4. The minimum atomic E-state index is 0.799. The van der Waals surface area contributed by atoms with Crippen LogP contribution in [-0.2, 0) is 0 Å². The molecule has 1 fully saturated rings. The number of hydrogen-bond donors (Lipinski definition) is 3. The van der Waals surface area contributed by atoms with Gasteiger partial charge in [0.15, 0.2) is 0 Å². The van der Waals surface area contributed by atoms with Crippen LogP contribution in [0.3, 0.4) is 0 Å². The fourth-order valence-corrected chi connectivity index (χ4v) is 4.11. The van der Waals surface area contributed by atoms with Crippen LogP contribution < -0.4 is 31.9 Å². The van der Waals surface area contributed by atoms with Crippen molar-refractivity contribution in [2.24, 2.45) is 0 Å². The van der Waals surface area contributed by atoms with Gasteiger partial charge in [0.2, 0.25) is 0 Å². The average Bonchev–Trinajstić information content (AvgIpc) is 2.86. The molecule has 4 rings (SSSR count). The summed E-state index contributed by atoms with van der Waals surface area (Å²) in [5.74, 6) is 0. The Balaban J connectivity index is 1.67. The average molecular weight is 403 g/mol. The van der Waals surface area contributed by atoms with Gasteiger partial charge in [0, 0.05) is 39.3 Å². The second-order valence-corrected chi connectivity index (χ2v) is 7.64. The highest BCUT2D eigenvalue weighted by atomic mass is 15.3. The quantitative estimate of drug-likeness (QED) is 0.583. The first-order valence-electron chi connectivity index (χ1n) is 10.4. The van der Waals surface area contributed by atoms with Crippen LogP contribution in [-0.4, -0.2) is 39.3 Å². The predicted octanol–water partition coefficient (Wildman–Crippen LogP) is 3.27. The number of benzene rings is 3. The third-order valence-electron chi connectivity index (χ3n) is 5.75. The SMILES string of the molecule is Nc1ccccc1N1CCN(c2ccccc2N)CCN(c2ccccc2N)CC1. The van der Waals surface area contributed by atoms with Gasteiger partial charge < -0.3 is 31.9 Å². The first kappa shape index (κ1) is 19.8. The number of hydrogen-bond acceptors (Lipinski definition) is 6. The van der Waals surface area contributed by atoms with Crippen molar-refractivity contribution in [1.29, 1.82) is 0 Å². The molecule has 1 heterocycles. The molecule has 0 unspecified atom stereocenters. The highest BCUT2D eigenvalue weighted by Gasteiger charge is 2.20. The topological polar surface area (TPSA) is 87.8 Å². The summed E-state index contributed by atoms with van der Waals surface area (Å²) in [5, 5.41) is 0. The molecule has 6 N–H and O–H groups in total. The smallest absolute Gasteiger partial charge is 0.0601 e. The van der Waals surface area contributed by atoms with E-state index in [1.807, 2.05) is 54.6 Å². The van der Waals surface area contributed by atoms with Crippen molar-refractivity contribution in [3.8, 4) is 0 Å². The van der Waals surface area contributed by atoms with Gasteiger partial charge in [-0.3, -0.25) is 0 Å². The Morgan fingerprint density at radius 1 is 0.400 bits per heavy atom. The lowest BCUT2D eigenvalue weighted by Gasteiger charge is -2.30. The molecule has 1 saturated heterocycles. The van der Waals surface area contributed by atoms with Crippen molar-refractivity contribution in [1.82, 2.24) is 0 Å². The van der Waals surface area contributed by atoms with Crippen molar-refractivity contribution < 1.29 is 0 Å². The summed E-state index contributed by atoms with van der Waals surface area (Å²) < 4.78 is 0. The van der Waals surface area contributed by atoms with Crippen LogP contribution in [0.5, 0.6) is 0 Å². The fraction of sp³-hybridized carbons (Fsp3) is 0.250. The molecule has 3 aromatic carbocycles. The van der Waals surface area contributed by atoms with Crippen molar-refractivity contribution >= 4 is 34.1 Å². The lowest BCUT2D eigenvalue weighted by Crippen LogP contribution is -2.36. The summed E-state index contributed by atoms with van der Waals surface area (Å²) in [7, 11) is 0. The summed E-state index contributed by atoms with van der Waals surface area (Å²) in [6, 6.07) is 24.2. The minimum absolute atomic E-state index is 0.799.